The minimum Gasteiger partial charge on any atom is -0.417 e. The summed E-state index contributed by atoms with van der Waals surface area (Å²) in [6.07, 6.45) is 5.17. The fraction of sp³-hybridized carbons (Fsp3) is 0.500. The minimum atomic E-state index is -0.681. The van der Waals surface area contributed by atoms with Crippen LogP contribution in [0.5, 0.6) is 6.08 Å². The van der Waals surface area contributed by atoms with Gasteiger partial charge in [-0.2, -0.15) is 4.98 Å². The number of hydrogen-bond donors (Lipinski definition) is 1. The molecule has 2 fully saturated rings. The standard InChI is InChI=1S/C22H26Cl2N4O4/c23-17-2-1-3-18(21(17)24)28-9-7-27(8-10-28)6-4-15-12-16(13-15)26-19(29)14-20(30)32-22-25-5-11-31-22/h1-3,5,11,15-16H,4,6-10,12-14H2,(H,26,29). The maximum Gasteiger partial charge on any atom is 0.401 e. The monoisotopic (exact) mass is 480 g/mol. The third-order valence-corrected chi connectivity index (χ3v) is 6.82. The van der Waals surface area contributed by atoms with E-state index in [9.17, 15) is 9.59 Å². The van der Waals surface area contributed by atoms with Crippen LogP contribution >= 0.6 is 23.2 Å². The van der Waals surface area contributed by atoms with Gasteiger partial charge in [-0.15, -0.1) is 0 Å². The van der Waals surface area contributed by atoms with Crippen molar-refractivity contribution in [1.29, 1.82) is 0 Å². The van der Waals surface area contributed by atoms with Gasteiger partial charge in [0.15, 0.2) is 0 Å². The highest BCUT2D eigenvalue weighted by atomic mass is 35.5. The number of carbonyl (C=O) groups excluding carboxylic acids is 2. The van der Waals surface area contributed by atoms with Crippen LogP contribution in [-0.2, 0) is 9.59 Å². The van der Waals surface area contributed by atoms with Crippen LogP contribution in [0.1, 0.15) is 25.7 Å². The van der Waals surface area contributed by atoms with Crippen molar-refractivity contribution >= 4 is 40.8 Å². The molecule has 0 atom stereocenters. The Bertz CT molecular complexity index is 926. The Morgan fingerprint density at radius 2 is 1.97 bits per heavy atom. The number of anilines is 1. The third kappa shape index (κ3) is 5.94. The molecular weight excluding hydrogens is 455 g/mol. The van der Waals surface area contributed by atoms with Gasteiger partial charge in [-0.05, 0) is 43.9 Å². The van der Waals surface area contributed by atoms with Gasteiger partial charge in [0.2, 0.25) is 5.91 Å². The normalized spacial score (nSPS) is 21.1. The number of nitrogens with one attached hydrogen (secondary N) is 1. The second-order valence-electron chi connectivity index (χ2n) is 8.24. The Hall–Kier alpha value is -2.29. The molecule has 0 bridgehead atoms. The Labute approximate surface area is 196 Å². The first-order chi connectivity index (χ1) is 15.5. The van der Waals surface area contributed by atoms with E-state index in [1.54, 1.807) is 0 Å². The summed E-state index contributed by atoms with van der Waals surface area (Å²) in [5.41, 5.74) is 1.00. The fourth-order valence-electron chi connectivity index (χ4n) is 4.21. The Balaban J connectivity index is 1.09. The van der Waals surface area contributed by atoms with Gasteiger partial charge in [0.25, 0.3) is 0 Å². The molecule has 1 aliphatic carbocycles. The van der Waals surface area contributed by atoms with Crippen LogP contribution in [0, 0.1) is 5.92 Å². The molecule has 1 aromatic carbocycles. The number of rotatable bonds is 8. The quantitative estimate of drug-likeness (QED) is 0.457. The van der Waals surface area contributed by atoms with Crippen molar-refractivity contribution in [2.75, 3.05) is 37.6 Å². The molecule has 2 aromatic rings. The van der Waals surface area contributed by atoms with Crippen molar-refractivity contribution < 1.29 is 18.7 Å². The largest absolute Gasteiger partial charge is 0.417 e. The molecule has 1 aromatic heterocycles. The predicted molar refractivity (Wildman–Crippen MR) is 121 cm³/mol. The van der Waals surface area contributed by atoms with Crippen molar-refractivity contribution in [3.05, 3.63) is 40.7 Å². The van der Waals surface area contributed by atoms with Gasteiger partial charge in [-0.25, -0.2) is 0 Å². The second-order valence-corrected chi connectivity index (χ2v) is 9.03. The SMILES string of the molecule is O=C(CC(=O)Oc1ncco1)NC1CC(CCN2CCN(c3cccc(Cl)c3Cl)CC2)C1. The summed E-state index contributed by atoms with van der Waals surface area (Å²) >= 11 is 12.5. The summed E-state index contributed by atoms with van der Waals surface area (Å²) in [6, 6.07) is 5.88. The zero-order valence-electron chi connectivity index (χ0n) is 17.6. The lowest BCUT2D eigenvalue weighted by atomic mass is 9.78. The topological polar surface area (TPSA) is 87.9 Å². The molecule has 10 heteroatoms. The lowest BCUT2D eigenvalue weighted by Crippen LogP contribution is -2.48. The third-order valence-electron chi connectivity index (χ3n) is 6.01. The van der Waals surface area contributed by atoms with E-state index in [1.165, 1.54) is 12.5 Å². The molecule has 1 saturated carbocycles. The van der Waals surface area contributed by atoms with Crippen LogP contribution in [0.2, 0.25) is 10.0 Å². The van der Waals surface area contributed by atoms with Gasteiger partial charge in [0, 0.05) is 32.2 Å². The van der Waals surface area contributed by atoms with Crippen molar-refractivity contribution in [3.8, 4) is 6.08 Å². The molecule has 2 aliphatic rings. The number of nitrogens with zero attached hydrogens (tertiary/aromatic N) is 3. The maximum atomic E-state index is 12.0. The lowest BCUT2D eigenvalue weighted by molar-refractivity contribution is -0.140. The Morgan fingerprint density at radius 3 is 2.69 bits per heavy atom. The van der Waals surface area contributed by atoms with Crippen molar-refractivity contribution in [3.63, 3.8) is 0 Å². The van der Waals surface area contributed by atoms with Gasteiger partial charge in [-0.1, -0.05) is 29.3 Å². The molecule has 1 amide bonds. The van der Waals surface area contributed by atoms with Crippen LogP contribution in [-0.4, -0.2) is 60.5 Å². The van der Waals surface area contributed by atoms with E-state index in [4.69, 9.17) is 32.4 Å². The van der Waals surface area contributed by atoms with Crippen LogP contribution in [0.25, 0.3) is 0 Å². The summed E-state index contributed by atoms with van der Waals surface area (Å²) in [4.78, 5) is 32.1. The zero-order chi connectivity index (χ0) is 22.5. The molecule has 172 valence electrons. The highest BCUT2D eigenvalue weighted by molar-refractivity contribution is 6.43. The van der Waals surface area contributed by atoms with Crippen molar-refractivity contribution in [2.24, 2.45) is 5.92 Å². The second kappa shape index (κ2) is 10.6. The maximum absolute atomic E-state index is 12.0. The molecule has 2 heterocycles. The number of amides is 1. The van der Waals surface area contributed by atoms with Crippen LogP contribution < -0.4 is 15.0 Å². The van der Waals surface area contributed by atoms with E-state index in [2.05, 4.69) is 20.1 Å². The highest BCUT2D eigenvalue weighted by Gasteiger charge is 2.31. The number of ether oxygens (including phenoxy) is 1. The predicted octanol–water partition coefficient (Wildman–Crippen LogP) is 3.38. The van der Waals surface area contributed by atoms with E-state index in [-0.39, 0.29) is 24.4 Å². The van der Waals surface area contributed by atoms with Crippen molar-refractivity contribution in [1.82, 2.24) is 15.2 Å². The van der Waals surface area contributed by atoms with Gasteiger partial charge in [-0.3, -0.25) is 14.5 Å². The first-order valence-electron chi connectivity index (χ1n) is 10.8. The molecule has 32 heavy (non-hydrogen) atoms. The molecule has 1 saturated heterocycles. The zero-order valence-corrected chi connectivity index (χ0v) is 19.1. The smallest absolute Gasteiger partial charge is 0.401 e. The van der Waals surface area contributed by atoms with Gasteiger partial charge < -0.3 is 19.4 Å². The summed E-state index contributed by atoms with van der Waals surface area (Å²) in [5, 5.41) is 4.10. The molecule has 0 radical (unpaired) electrons. The number of oxazole rings is 1. The van der Waals surface area contributed by atoms with Gasteiger partial charge >= 0.3 is 12.0 Å². The average Bonchev–Trinajstić information content (AvgIpc) is 3.25. The van der Waals surface area contributed by atoms with E-state index in [1.807, 2.05) is 18.2 Å². The van der Waals surface area contributed by atoms with E-state index in [0.29, 0.717) is 16.0 Å². The first kappa shape index (κ1) is 22.9. The summed E-state index contributed by atoms with van der Waals surface area (Å²) in [5.74, 6) is -0.417. The van der Waals surface area contributed by atoms with Crippen molar-refractivity contribution in [2.45, 2.75) is 31.7 Å². The lowest BCUT2D eigenvalue weighted by Gasteiger charge is -2.39. The van der Waals surface area contributed by atoms with Gasteiger partial charge in [0.05, 0.1) is 21.9 Å². The van der Waals surface area contributed by atoms with E-state index < -0.39 is 5.97 Å². The first-order valence-corrected chi connectivity index (χ1v) is 11.5. The highest BCUT2D eigenvalue weighted by Crippen LogP contribution is 2.33. The number of aromatic nitrogens is 1. The number of carbonyl (C=O) groups is 2. The summed E-state index contributed by atoms with van der Waals surface area (Å²) in [7, 11) is 0. The van der Waals surface area contributed by atoms with Crippen LogP contribution in [0.4, 0.5) is 5.69 Å². The Morgan fingerprint density at radius 1 is 1.19 bits per heavy atom. The summed E-state index contributed by atoms with van der Waals surface area (Å²) in [6.45, 7) is 4.87. The van der Waals surface area contributed by atoms with Gasteiger partial charge in [0.1, 0.15) is 12.7 Å². The molecule has 0 spiro atoms. The minimum absolute atomic E-state index is 0.129. The van der Waals surface area contributed by atoms with Crippen LogP contribution in [0.15, 0.2) is 35.1 Å². The average molecular weight is 481 g/mol. The number of piperazine rings is 1. The molecule has 4 rings (SSSR count). The van der Waals surface area contributed by atoms with E-state index in [0.717, 1.165) is 57.7 Å². The molecule has 1 N–H and O–H groups in total. The molecule has 1 aliphatic heterocycles. The number of benzene rings is 1. The number of halogens is 2. The number of esters is 1. The Kier molecular flexibility index (Phi) is 7.55. The molecule has 0 unspecified atom stereocenters. The van der Waals surface area contributed by atoms with Crippen LogP contribution in [0.3, 0.4) is 0 Å². The molecule has 8 nitrogen and oxygen atoms in total. The fourth-order valence-corrected chi connectivity index (χ4v) is 4.62. The molecular formula is C22H26Cl2N4O4. The van der Waals surface area contributed by atoms with E-state index >= 15 is 0 Å². The summed E-state index contributed by atoms with van der Waals surface area (Å²) < 4.78 is 9.66. The number of hydrogen-bond acceptors (Lipinski definition) is 7.